The summed E-state index contributed by atoms with van der Waals surface area (Å²) in [6.07, 6.45) is 1.77. The number of rotatable bonds is 5. The van der Waals surface area contributed by atoms with E-state index < -0.39 is 10.0 Å². The predicted molar refractivity (Wildman–Crippen MR) is 86.4 cm³/mol. The van der Waals surface area contributed by atoms with E-state index in [1.807, 2.05) is 13.8 Å². The number of sulfonamides is 1. The van der Waals surface area contributed by atoms with Gasteiger partial charge in [0.05, 0.1) is 5.02 Å². The zero-order valence-electron chi connectivity index (χ0n) is 12.2. The molecule has 1 aromatic carbocycles. The lowest BCUT2D eigenvalue weighted by Crippen LogP contribution is -2.34. The Labute approximate surface area is 136 Å². The van der Waals surface area contributed by atoms with Gasteiger partial charge in [-0.15, -0.1) is 0 Å². The lowest BCUT2D eigenvalue weighted by molar-refractivity contribution is 0.408. The van der Waals surface area contributed by atoms with E-state index in [9.17, 15) is 8.42 Å². The van der Waals surface area contributed by atoms with Crippen LogP contribution in [0.15, 0.2) is 17.0 Å². The normalized spacial score (nSPS) is 20.1. The minimum absolute atomic E-state index is 0.0129. The number of hydrogen-bond donors (Lipinski definition) is 1. The van der Waals surface area contributed by atoms with Crippen molar-refractivity contribution in [1.82, 2.24) is 9.62 Å². The van der Waals surface area contributed by atoms with Gasteiger partial charge >= 0.3 is 0 Å². The molecule has 1 N–H and O–H groups in total. The van der Waals surface area contributed by atoms with Crippen LogP contribution in [-0.4, -0.2) is 31.9 Å². The summed E-state index contributed by atoms with van der Waals surface area (Å²) in [4.78, 5) is 0.148. The lowest BCUT2D eigenvalue weighted by Gasteiger charge is -2.22. The summed E-state index contributed by atoms with van der Waals surface area (Å²) in [5.41, 5.74) is 0.633. The second kappa shape index (κ2) is 6.84. The molecule has 0 aliphatic carbocycles. The van der Waals surface area contributed by atoms with Gasteiger partial charge in [-0.1, -0.05) is 30.1 Å². The van der Waals surface area contributed by atoms with Gasteiger partial charge < -0.3 is 5.32 Å². The Balaban J connectivity index is 2.44. The van der Waals surface area contributed by atoms with E-state index in [4.69, 9.17) is 23.2 Å². The van der Waals surface area contributed by atoms with Crippen LogP contribution in [0.2, 0.25) is 10.0 Å². The molecule has 1 heterocycles. The Bertz CT molecular complexity index is 620. The molecule has 21 heavy (non-hydrogen) atoms. The van der Waals surface area contributed by atoms with Crippen LogP contribution in [0.4, 0.5) is 0 Å². The van der Waals surface area contributed by atoms with Crippen LogP contribution in [0.5, 0.6) is 0 Å². The molecule has 118 valence electrons. The fraction of sp³-hybridized carbons (Fsp3) is 0.571. The summed E-state index contributed by atoms with van der Waals surface area (Å²) in [5.74, 6) is 0. The molecule has 1 unspecified atom stereocenters. The maximum atomic E-state index is 12.8. The largest absolute Gasteiger partial charge is 0.313 e. The van der Waals surface area contributed by atoms with Crippen molar-refractivity contribution in [2.24, 2.45) is 0 Å². The molecule has 1 fully saturated rings. The zero-order chi connectivity index (χ0) is 15.6. The van der Waals surface area contributed by atoms with E-state index in [1.165, 1.54) is 10.4 Å². The molecule has 0 bridgehead atoms. The fourth-order valence-electron chi connectivity index (χ4n) is 2.58. The minimum Gasteiger partial charge on any atom is -0.313 e. The van der Waals surface area contributed by atoms with Crippen LogP contribution < -0.4 is 5.32 Å². The molecule has 1 saturated heterocycles. The topological polar surface area (TPSA) is 49.4 Å². The van der Waals surface area contributed by atoms with Gasteiger partial charge in [0.2, 0.25) is 10.0 Å². The first-order valence-electron chi connectivity index (χ1n) is 7.09. The number of halogens is 2. The van der Waals surface area contributed by atoms with Crippen LogP contribution in [0.1, 0.15) is 32.3 Å². The fourth-order valence-corrected chi connectivity index (χ4v) is 5.17. The molecule has 1 aromatic rings. The summed E-state index contributed by atoms with van der Waals surface area (Å²) < 4.78 is 27.1. The van der Waals surface area contributed by atoms with Crippen molar-refractivity contribution in [3.63, 3.8) is 0 Å². The Morgan fingerprint density at radius 1 is 1.38 bits per heavy atom. The highest BCUT2D eigenvalue weighted by molar-refractivity contribution is 7.89. The average molecular weight is 351 g/mol. The Morgan fingerprint density at radius 3 is 2.67 bits per heavy atom. The smallest absolute Gasteiger partial charge is 0.244 e. The van der Waals surface area contributed by atoms with E-state index in [0.717, 1.165) is 19.4 Å². The molecule has 2 rings (SSSR count). The van der Waals surface area contributed by atoms with Gasteiger partial charge in [-0.2, -0.15) is 4.31 Å². The SMILES string of the molecule is CCNCc1c(Cl)ccc(S(=O)(=O)N2CCCC2C)c1Cl. The summed E-state index contributed by atoms with van der Waals surface area (Å²) in [7, 11) is -3.57. The molecule has 1 aliphatic rings. The van der Waals surface area contributed by atoms with Crippen LogP contribution >= 0.6 is 23.2 Å². The summed E-state index contributed by atoms with van der Waals surface area (Å²) in [6.45, 7) is 5.65. The number of nitrogens with zero attached hydrogens (tertiary/aromatic N) is 1. The molecule has 0 saturated carbocycles. The highest BCUT2D eigenvalue weighted by Crippen LogP contribution is 2.34. The molecule has 1 atom stereocenters. The molecule has 0 aromatic heterocycles. The Morgan fingerprint density at radius 2 is 2.10 bits per heavy atom. The third-order valence-electron chi connectivity index (χ3n) is 3.78. The summed E-state index contributed by atoms with van der Waals surface area (Å²) >= 11 is 12.5. The van der Waals surface area contributed by atoms with Crippen molar-refractivity contribution in [2.75, 3.05) is 13.1 Å². The van der Waals surface area contributed by atoms with Gasteiger partial charge in [-0.3, -0.25) is 0 Å². The first-order valence-corrected chi connectivity index (χ1v) is 9.28. The van der Waals surface area contributed by atoms with E-state index in [-0.39, 0.29) is 16.0 Å². The van der Waals surface area contributed by atoms with Gasteiger partial charge in [0.1, 0.15) is 4.90 Å². The van der Waals surface area contributed by atoms with Crippen molar-refractivity contribution >= 4 is 33.2 Å². The second-order valence-corrected chi connectivity index (χ2v) is 7.87. The second-order valence-electron chi connectivity index (χ2n) is 5.23. The van der Waals surface area contributed by atoms with Gasteiger partial charge in [-0.25, -0.2) is 8.42 Å². The minimum atomic E-state index is -3.57. The Hall–Kier alpha value is -0.330. The van der Waals surface area contributed by atoms with Crippen molar-refractivity contribution in [2.45, 2.75) is 44.2 Å². The standard InChI is InChI=1S/C14H20Cl2N2O2S/c1-3-17-9-11-12(15)6-7-13(14(11)16)21(19,20)18-8-4-5-10(18)2/h6-7,10,17H,3-5,8-9H2,1-2H3. The summed E-state index contributed by atoms with van der Waals surface area (Å²) in [6, 6.07) is 3.12. The highest BCUT2D eigenvalue weighted by Gasteiger charge is 2.34. The van der Waals surface area contributed by atoms with Gasteiger partial charge in [0.25, 0.3) is 0 Å². The van der Waals surface area contributed by atoms with E-state index >= 15 is 0 Å². The number of nitrogens with one attached hydrogen (secondary N) is 1. The molecular formula is C14H20Cl2N2O2S. The van der Waals surface area contributed by atoms with Crippen LogP contribution in [-0.2, 0) is 16.6 Å². The third-order valence-corrected chi connectivity index (χ3v) is 6.73. The number of hydrogen-bond acceptors (Lipinski definition) is 3. The van der Waals surface area contributed by atoms with E-state index in [0.29, 0.717) is 23.7 Å². The van der Waals surface area contributed by atoms with E-state index in [1.54, 1.807) is 6.07 Å². The van der Waals surface area contributed by atoms with Crippen molar-refractivity contribution in [3.8, 4) is 0 Å². The van der Waals surface area contributed by atoms with Gasteiger partial charge in [0.15, 0.2) is 0 Å². The molecule has 0 radical (unpaired) electrons. The summed E-state index contributed by atoms with van der Waals surface area (Å²) in [5, 5.41) is 3.83. The Kier molecular flexibility index (Phi) is 5.54. The zero-order valence-corrected chi connectivity index (χ0v) is 14.5. The van der Waals surface area contributed by atoms with E-state index in [2.05, 4.69) is 5.32 Å². The monoisotopic (exact) mass is 350 g/mol. The maximum Gasteiger partial charge on any atom is 0.244 e. The lowest BCUT2D eigenvalue weighted by atomic mass is 10.2. The average Bonchev–Trinajstić information content (AvgIpc) is 2.85. The van der Waals surface area contributed by atoms with Crippen molar-refractivity contribution in [3.05, 3.63) is 27.7 Å². The molecule has 0 spiro atoms. The molecule has 4 nitrogen and oxygen atoms in total. The quantitative estimate of drug-likeness (QED) is 0.886. The molecule has 7 heteroatoms. The van der Waals surface area contributed by atoms with Crippen LogP contribution in [0.25, 0.3) is 0 Å². The van der Waals surface area contributed by atoms with Crippen molar-refractivity contribution in [1.29, 1.82) is 0 Å². The first kappa shape index (κ1) is 17.0. The van der Waals surface area contributed by atoms with Gasteiger partial charge in [-0.05, 0) is 38.4 Å². The molecule has 1 aliphatic heterocycles. The molecular weight excluding hydrogens is 331 g/mol. The third kappa shape index (κ3) is 3.37. The van der Waals surface area contributed by atoms with Gasteiger partial charge in [0, 0.05) is 29.7 Å². The van der Waals surface area contributed by atoms with Crippen molar-refractivity contribution < 1.29 is 8.42 Å². The van der Waals surface area contributed by atoms with Crippen LogP contribution in [0, 0.1) is 0 Å². The first-order chi connectivity index (χ1) is 9.89. The van der Waals surface area contributed by atoms with Crippen LogP contribution in [0.3, 0.4) is 0 Å². The number of benzene rings is 1. The predicted octanol–water partition coefficient (Wildman–Crippen LogP) is 3.28. The molecule has 0 amide bonds. The maximum absolute atomic E-state index is 12.8. The highest BCUT2D eigenvalue weighted by atomic mass is 35.5.